The van der Waals surface area contributed by atoms with Gasteiger partial charge in [0.05, 0.1) is 29.6 Å². The van der Waals surface area contributed by atoms with Gasteiger partial charge in [-0.3, -0.25) is 9.97 Å². The Balaban J connectivity index is 1.99. The van der Waals surface area contributed by atoms with Crippen LogP contribution in [0.2, 0.25) is 0 Å². The number of aromatic nitrogens is 2. The summed E-state index contributed by atoms with van der Waals surface area (Å²) in [6, 6.07) is 11.2. The first-order valence-electron chi connectivity index (χ1n) is 11.2. The van der Waals surface area contributed by atoms with Crippen molar-refractivity contribution in [2.75, 3.05) is 7.11 Å². The molecule has 0 unspecified atom stereocenters. The van der Waals surface area contributed by atoms with Gasteiger partial charge >= 0.3 is 11.9 Å². The van der Waals surface area contributed by atoms with E-state index in [4.69, 9.17) is 15.5 Å². The second-order valence-corrected chi connectivity index (χ2v) is 8.65. The molecule has 0 atom stereocenters. The number of aryl methyl sites for hydroxylation is 2. The van der Waals surface area contributed by atoms with Crippen LogP contribution in [0.15, 0.2) is 42.6 Å². The Bertz CT molecular complexity index is 1170. The summed E-state index contributed by atoms with van der Waals surface area (Å²) in [5.74, 6) is -0.582. The van der Waals surface area contributed by atoms with Crippen molar-refractivity contribution in [2.45, 2.75) is 47.3 Å². The Morgan fingerprint density at radius 1 is 1.03 bits per heavy atom. The molecule has 2 heterocycles. The number of carbonyl (C=O) groups is 2. The minimum atomic E-state index is -0.495. The average molecular weight is 462 g/mol. The third kappa shape index (κ3) is 5.66. The maximum atomic E-state index is 13.3. The average Bonchev–Trinajstić information content (AvgIpc) is 2.82. The van der Waals surface area contributed by atoms with Crippen molar-refractivity contribution >= 4 is 11.9 Å². The van der Waals surface area contributed by atoms with E-state index in [-0.39, 0.29) is 13.2 Å². The Morgan fingerprint density at radius 2 is 1.74 bits per heavy atom. The predicted octanol–water partition coefficient (Wildman–Crippen LogP) is 4.56. The monoisotopic (exact) mass is 461 g/mol. The number of methoxy groups -OCH3 is 1. The molecule has 0 radical (unpaired) electrons. The quantitative estimate of drug-likeness (QED) is 0.490. The standard InChI is InChI=1S/C27H31N3O4/c1-16(2)12-23-22(13-28)25(19-8-6-17(3)7-9-19)24(18(4)30-23)27(32)34-15-21-11-10-20(14-29-21)26(31)33-5/h6-11,14,16H,12-13,15,28H2,1-5H3. The van der Waals surface area contributed by atoms with Gasteiger partial charge < -0.3 is 15.2 Å². The van der Waals surface area contributed by atoms with E-state index >= 15 is 0 Å². The van der Waals surface area contributed by atoms with Gasteiger partial charge in [0.25, 0.3) is 0 Å². The van der Waals surface area contributed by atoms with Gasteiger partial charge in [0.1, 0.15) is 6.61 Å². The highest BCUT2D eigenvalue weighted by molar-refractivity contribution is 5.99. The molecule has 0 bridgehead atoms. The fourth-order valence-electron chi connectivity index (χ4n) is 3.83. The maximum Gasteiger partial charge on any atom is 0.341 e. The van der Waals surface area contributed by atoms with Gasteiger partial charge in [-0.1, -0.05) is 43.7 Å². The van der Waals surface area contributed by atoms with Gasteiger partial charge in [0, 0.05) is 24.0 Å². The number of nitrogens with zero attached hydrogens (tertiary/aromatic N) is 2. The van der Waals surface area contributed by atoms with E-state index < -0.39 is 11.9 Å². The molecule has 7 heteroatoms. The van der Waals surface area contributed by atoms with Crippen molar-refractivity contribution in [3.63, 3.8) is 0 Å². The van der Waals surface area contributed by atoms with Crippen LogP contribution < -0.4 is 5.73 Å². The Hall–Kier alpha value is -3.58. The molecular formula is C27H31N3O4. The summed E-state index contributed by atoms with van der Waals surface area (Å²) in [7, 11) is 1.31. The molecule has 0 aliphatic heterocycles. The number of carbonyl (C=O) groups excluding carboxylic acids is 2. The molecule has 7 nitrogen and oxygen atoms in total. The number of pyridine rings is 2. The summed E-state index contributed by atoms with van der Waals surface area (Å²) < 4.78 is 10.3. The largest absolute Gasteiger partial charge is 0.465 e. The molecule has 0 spiro atoms. The van der Waals surface area contributed by atoms with Gasteiger partial charge in [-0.05, 0) is 49.4 Å². The van der Waals surface area contributed by atoms with Crippen LogP contribution in [0.4, 0.5) is 0 Å². The highest BCUT2D eigenvalue weighted by Crippen LogP contribution is 2.33. The summed E-state index contributed by atoms with van der Waals surface area (Å²) in [5, 5.41) is 0. The van der Waals surface area contributed by atoms with E-state index in [0.717, 1.165) is 34.4 Å². The van der Waals surface area contributed by atoms with E-state index in [2.05, 4.69) is 23.6 Å². The number of nitrogens with two attached hydrogens (primary N) is 1. The van der Waals surface area contributed by atoms with Crippen LogP contribution in [0.1, 0.15) is 62.8 Å². The summed E-state index contributed by atoms with van der Waals surface area (Å²) in [5.41, 5.74) is 12.6. The van der Waals surface area contributed by atoms with Crippen LogP contribution >= 0.6 is 0 Å². The molecule has 34 heavy (non-hydrogen) atoms. The summed E-state index contributed by atoms with van der Waals surface area (Å²) >= 11 is 0. The first kappa shape index (κ1) is 25.1. The molecular weight excluding hydrogens is 430 g/mol. The molecule has 0 saturated heterocycles. The van der Waals surface area contributed by atoms with E-state index in [9.17, 15) is 9.59 Å². The van der Waals surface area contributed by atoms with Gasteiger partial charge in [-0.25, -0.2) is 9.59 Å². The van der Waals surface area contributed by atoms with E-state index in [1.165, 1.54) is 13.3 Å². The smallest absolute Gasteiger partial charge is 0.341 e. The molecule has 0 saturated carbocycles. The van der Waals surface area contributed by atoms with Crippen LogP contribution in [0.3, 0.4) is 0 Å². The van der Waals surface area contributed by atoms with Crippen LogP contribution in [0.5, 0.6) is 0 Å². The van der Waals surface area contributed by atoms with E-state index in [1.807, 2.05) is 38.1 Å². The molecule has 3 rings (SSSR count). The lowest BCUT2D eigenvalue weighted by Crippen LogP contribution is -2.17. The third-order valence-corrected chi connectivity index (χ3v) is 5.51. The van der Waals surface area contributed by atoms with Crippen LogP contribution in [0.25, 0.3) is 11.1 Å². The zero-order valence-electron chi connectivity index (χ0n) is 20.3. The lowest BCUT2D eigenvalue weighted by atomic mass is 9.90. The Kier molecular flexibility index (Phi) is 8.12. The fraction of sp³-hybridized carbons (Fsp3) is 0.333. The summed E-state index contributed by atoms with van der Waals surface area (Å²) in [4.78, 5) is 33.9. The topological polar surface area (TPSA) is 104 Å². The van der Waals surface area contributed by atoms with E-state index in [1.54, 1.807) is 12.1 Å². The first-order chi connectivity index (χ1) is 16.2. The highest BCUT2D eigenvalue weighted by atomic mass is 16.5. The molecule has 3 aromatic rings. The number of ether oxygens (including phenoxy) is 2. The third-order valence-electron chi connectivity index (χ3n) is 5.51. The maximum absolute atomic E-state index is 13.3. The SMILES string of the molecule is COC(=O)c1ccc(COC(=O)c2c(C)nc(CC(C)C)c(CN)c2-c2ccc(C)cc2)nc1. The zero-order valence-corrected chi connectivity index (χ0v) is 20.3. The molecule has 0 aliphatic rings. The van der Waals surface area contributed by atoms with Crippen LogP contribution in [0, 0.1) is 19.8 Å². The molecule has 178 valence electrons. The predicted molar refractivity (Wildman–Crippen MR) is 130 cm³/mol. The Morgan fingerprint density at radius 3 is 2.29 bits per heavy atom. The molecule has 2 aromatic heterocycles. The van der Waals surface area contributed by atoms with Gasteiger partial charge in [-0.15, -0.1) is 0 Å². The number of esters is 2. The summed E-state index contributed by atoms with van der Waals surface area (Å²) in [6.45, 7) is 8.31. The Labute approximate surface area is 200 Å². The number of rotatable bonds is 8. The second kappa shape index (κ2) is 11.0. The first-order valence-corrected chi connectivity index (χ1v) is 11.2. The van der Waals surface area contributed by atoms with Crippen LogP contribution in [-0.2, 0) is 29.0 Å². The summed E-state index contributed by atoms with van der Waals surface area (Å²) in [6.07, 6.45) is 2.16. The second-order valence-electron chi connectivity index (χ2n) is 8.65. The van der Waals surface area contributed by atoms with Crippen molar-refractivity contribution in [1.82, 2.24) is 9.97 Å². The lowest BCUT2D eigenvalue weighted by Gasteiger charge is -2.20. The molecule has 2 N–H and O–H groups in total. The minimum Gasteiger partial charge on any atom is -0.465 e. The van der Waals surface area contributed by atoms with Crippen molar-refractivity contribution < 1.29 is 19.1 Å². The normalized spacial score (nSPS) is 10.9. The van der Waals surface area contributed by atoms with E-state index in [0.29, 0.717) is 28.4 Å². The van der Waals surface area contributed by atoms with Crippen molar-refractivity contribution in [1.29, 1.82) is 0 Å². The van der Waals surface area contributed by atoms with Crippen LogP contribution in [-0.4, -0.2) is 29.0 Å². The molecule has 0 amide bonds. The fourth-order valence-corrected chi connectivity index (χ4v) is 3.83. The van der Waals surface area contributed by atoms with Crippen molar-refractivity contribution in [3.8, 4) is 11.1 Å². The highest BCUT2D eigenvalue weighted by Gasteiger charge is 2.24. The number of hydrogen-bond acceptors (Lipinski definition) is 7. The van der Waals surface area contributed by atoms with Crippen molar-refractivity contribution in [3.05, 3.63) is 81.9 Å². The van der Waals surface area contributed by atoms with Gasteiger partial charge in [-0.2, -0.15) is 0 Å². The number of benzene rings is 1. The molecule has 0 aliphatic carbocycles. The minimum absolute atomic E-state index is 0.0429. The number of hydrogen-bond donors (Lipinski definition) is 1. The van der Waals surface area contributed by atoms with Crippen molar-refractivity contribution in [2.24, 2.45) is 11.7 Å². The van der Waals surface area contributed by atoms with Gasteiger partial charge in [0.2, 0.25) is 0 Å². The molecule has 0 fully saturated rings. The van der Waals surface area contributed by atoms with Gasteiger partial charge in [0.15, 0.2) is 0 Å². The lowest BCUT2D eigenvalue weighted by molar-refractivity contribution is 0.0465. The zero-order chi connectivity index (χ0) is 24.8. The molecule has 1 aromatic carbocycles.